The summed E-state index contributed by atoms with van der Waals surface area (Å²) in [4.78, 5) is 23.3. The van der Waals surface area contributed by atoms with Crippen LogP contribution in [0.3, 0.4) is 0 Å². The Bertz CT molecular complexity index is 611. The standard InChI is InChI=1S/C16H14INO3/c17-14-8-6-13(7-9-14)16(20)21-11-15(19)18-10-12-4-2-1-3-5-12/h1-9H,10-11H2,(H,18,19). The van der Waals surface area contributed by atoms with E-state index in [0.717, 1.165) is 9.13 Å². The molecule has 0 bridgehead atoms. The van der Waals surface area contributed by atoms with Crippen LogP contribution in [-0.2, 0) is 16.1 Å². The van der Waals surface area contributed by atoms with Crippen LogP contribution in [0, 0.1) is 3.57 Å². The lowest BCUT2D eigenvalue weighted by atomic mass is 10.2. The average Bonchev–Trinajstić information content (AvgIpc) is 2.52. The van der Waals surface area contributed by atoms with E-state index in [1.54, 1.807) is 12.1 Å². The van der Waals surface area contributed by atoms with Crippen molar-refractivity contribution >= 4 is 34.5 Å². The number of carbonyl (C=O) groups excluding carboxylic acids is 2. The third kappa shape index (κ3) is 5.18. The highest BCUT2D eigenvalue weighted by atomic mass is 127. The molecule has 0 aromatic heterocycles. The Kier molecular flexibility index (Phi) is 5.74. The molecule has 0 heterocycles. The summed E-state index contributed by atoms with van der Waals surface area (Å²) >= 11 is 2.15. The topological polar surface area (TPSA) is 55.4 Å². The summed E-state index contributed by atoms with van der Waals surface area (Å²) in [5.74, 6) is -0.820. The Hall–Kier alpha value is -1.89. The van der Waals surface area contributed by atoms with E-state index in [1.165, 1.54) is 0 Å². The number of nitrogens with one attached hydrogen (secondary N) is 1. The molecule has 0 atom stereocenters. The molecule has 0 saturated carbocycles. The summed E-state index contributed by atoms with van der Waals surface area (Å²) in [5.41, 5.74) is 1.43. The molecule has 1 amide bonds. The first-order chi connectivity index (χ1) is 10.1. The SMILES string of the molecule is O=C(COC(=O)c1ccc(I)cc1)NCc1ccccc1. The van der Waals surface area contributed by atoms with Crippen LogP contribution in [0.25, 0.3) is 0 Å². The third-order valence-electron chi connectivity index (χ3n) is 2.75. The van der Waals surface area contributed by atoms with Crippen molar-refractivity contribution < 1.29 is 14.3 Å². The van der Waals surface area contributed by atoms with Crippen molar-refractivity contribution in [1.29, 1.82) is 0 Å². The van der Waals surface area contributed by atoms with Crippen LogP contribution in [-0.4, -0.2) is 18.5 Å². The van der Waals surface area contributed by atoms with Gasteiger partial charge in [0.25, 0.3) is 5.91 Å². The molecule has 2 aromatic carbocycles. The monoisotopic (exact) mass is 395 g/mol. The molecule has 0 aliphatic heterocycles. The quantitative estimate of drug-likeness (QED) is 0.626. The molecule has 108 valence electrons. The highest BCUT2D eigenvalue weighted by molar-refractivity contribution is 14.1. The molecule has 0 fully saturated rings. The lowest BCUT2D eigenvalue weighted by Gasteiger charge is -2.06. The van der Waals surface area contributed by atoms with Crippen LogP contribution in [0.2, 0.25) is 0 Å². The first-order valence-electron chi connectivity index (χ1n) is 6.38. The maximum Gasteiger partial charge on any atom is 0.338 e. The predicted octanol–water partition coefficient (Wildman–Crippen LogP) is 2.76. The minimum atomic E-state index is -0.499. The Labute approximate surface area is 136 Å². The van der Waals surface area contributed by atoms with Gasteiger partial charge in [-0.1, -0.05) is 30.3 Å². The average molecular weight is 395 g/mol. The molecule has 0 aliphatic carbocycles. The van der Waals surface area contributed by atoms with Gasteiger partial charge in [-0.15, -0.1) is 0 Å². The van der Waals surface area contributed by atoms with Crippen LogP contribution in [0.4, 0.5) is 0 Å². The molecule has 2 aromatic rings. The van der Waals surface area contributed by atoms with Gasteiger partial charge in [-0.05, 0) is 52.4 Å². The zero-order valence-corrected chi connectivity index (χ0v) is 13.4. The van der Waals surface area contributed by atoms with Crippen molar-refractivity contribution in [2.75, 3.05) is 6.61 Å². The Morgan fingerprint density at radius 3 is 2.33 bits per heavy atom. The van der Waals surface area contributed by atoms with Gasteiger partial charge >= 0.3 is 5.97 Å². The van der Waals surface area contributed by atoms with E-state index < -0.39 is 5.97 Å². The van der Waals surface area contributed by atoms with Gasteiger partial charge in [0.1, 0.15) is 0 Å². The zero-order valence-electron chi connectivity index (χ0n) is 11.2. The number of carbonyl (C=O) groups is 2. The molecular formula is C16H14INO3. The number of hydrogen-bond acceptors (Lipinski definition) is 3. The zero-order chi connectivity index (χ0) is 15.1. The maximum absolute atomic E-state index is 11.7. The minimum absolute atomic E-state index is 0.280. The first kappa shape index (κ1) is 15.5. The third-order valence-corrected chi connectivity index (χ3v) is 3.47. The lowest BCUT2D eigenvalue weighted by Crippen LogP contribution is -2.28. The fourth-order valence-corrected chi connectivity index (χ4v) is 2.01. The molecule has 0 saturated heterocycles. The van der Waals surface area contributed by atoms with E-state index >= 15 is 0 Å². The molecule has 21 heavy (non-hydrogen) atoms. The van der Waals surface area contributed by atoms with Crippen molar-refractivity contribution in [3.05, 3.63) is 69.3 Å². The number of halogens is 1. The molecule has 0 unspecified atom stereocenters. The summed E-state index contributed by atoms with van der Waals surface area (Å²) < 4.78 is 6.00. The molecule has 1 N–H and O–H groups in total. The summed E-state index contributed by atoms with van der Waals surface area (Å²) in [6.45, 7) is 0.137. The van der Waals surface area contributed by atoms with Crippen molar-refractivity contribution in [3.63, 3.8) is 0 Å². The number of rotatable bonds is 5. The van der Waals surface area contributed by atoms with E-state index in [9.17, 15) is 9.59 Å². The van der Waals surface area contributed by atoms with Crippen molar-refractivity contribution in [1.82, 2.24) is 5.32 Å². The number of amides is 1. The molecule has 0 aliphatic rings. The van der Waals surface area contributed by atoms with Crippen LogP contribution in [0.1, 0.15) is 15.9 Å². The van der Waals surface area contributed by atoms with Crippen molar-refractivity contribution in [2.24, 2.45) is 0 Å². The number of esters is 1. The van der Waals surface area contributed by atoms with Gasteiger partial charge in [-0.3, -0.25) is 4.79 Å². The van der Waals surface area contributed by atoms with Crippen LogP contribution >= 0.6 is 22.6 Å². The van der Waals surface area contributed by atoms with Gasteiger partial charge in [0, 0.05) is 10.1 Å². The fraction of sp³-hybridized carbons (Fsp3) is 0.125. The lowest BCUT2D eigenvalue weighted by molar-refractivity contribution is -0.124. The van der Waals surface area contributed by atoms with Gasteiger partial charge in [0.05, 0.1) is 5.56 Å². The molecular weight excluding hydrogens is 381 g/mol. The molecule has 4 nitrogen and oxygen atoms in total. The predicted molar refractivity (Wildman–Crippen MR) is 87.7 cm³/mol. The second kappa shape index (κ2) is 7.78. The number of hydrogen-bond donors (Lipinski definition) is 1. The molecule has 5 heteroatoms. The van der Waals surface area contributed by atoms with Crippen LogP contribution in [0.5, 0.6) is 0 Å². The summed E-state index contributed by atoms with van der Waals surface area (Å²) in [5, 5.41) is 2.70. The number of ether oxygens (including phenoxy) is 1. The van der Waals surface area contributed by atoms with Gasteiger partial charge in [-0.2, -0.15) is 0 Å². The van der Waals surface area contributed by atoms with Gasteiger partial charge in [-0.25, -0.2) is 4.79 Å². The van der Waals surface area contributed by atoms with E-state index in [0.29, 0.717) is 12.1 Å². The Morgan fingerprint density at radius 1 is 1.00 bits per heavy atom. The van der Waals surface area contributed by atoms with Gasteiger partial charge in [0.15, 0.2) is 6.61 Å². The van der Waals surface area contributed by atoms with Gasteiger partial charge < -0.3 is 10.1 Å². The second-order valence-corrected chi connectivity index (χ2v) is 5.59. The maximum atomic E-state index is 11.7. The minimum Gasteiger partial charge on any atom is -0.452 e. The van der Waals surface area contributed by atoms with Crippen LogP contribution in [0.15, 0.2) is 54.6 Å². The summed E-state index contributed by atoms with van der Waals surface area (Å²) in [6.07, 6.45) is 0. The first-order valence-corrected chi connectivity index (χ1v) is 7.46. The van der Waals surface area contributed by atoms with E-state index in [4.69, 9.17) is 4.74 Å². The molecule has 0 radical (unpaired) electrons. The highest BCUT2D eigenvalue weighted by Gasteiger charge is 2.09. The summed E-state index contributed by atoms with van der Waals surface area (Å²) in [7, 11) is 0. The van der Waals surface area contributed by atoms with Crippen molar-refractivity contribution in [2.45, 2.75) is 6.54 Å². The summed E-state index contributed by atoms with van der Waals surface area (Å²) in [6, 6.07) is 16.5. The molecule has 2 rings (SSSR count). The number of benzene rings is 2. The van der Waals surface area contributed by atoms with E-state index in [1.807, 2.05) is 42.5 Å². The van der Waals surface area contributed by atoms with Crippen LogP contribution < -0.4 is 5.32 Å². The van der Waals surface area contributed by atoms with Gasteiger partial charge in [0.2, 0.25) is 0 Å². The smallest absolute Gasteiger partial charge is 0.338 e. The fourth-order valence-electron chi connectivity index (χ4n) is 1.65. The Balaban J connectivity index is 1.76. The largest absolute Gasteiger partial charge is 0.452 e. The Morgan fingerprint density at radius 2 is 1.67 bits per heavy atom. The highest BCUT2D eigenvalue weighted by Crippen LogP contribution is 2.07. The van der Waals surface area contributed by atoms with E-state index in [2.05, 4.69) is 27.9 Å². The van der Waals surface area contributed by atoms with Crippen molar-refractivity contribution in [3.8, 4) is 0 Å². The second-order valence-electron chi connectivity index (χ2n) is 4.35. The normalized spacial score (nSPS) is 9.95. The van der Waals surface area contributed by atoms with E-state index in [-0.39, 0.29) is 12.5 Å². The molecule has 0 spiro atoms.